The fourth-order valence-electron chi connectivity index (χ4n) is 1.33. The summed E-state index contributed by atoms with van der Waals surface area (Å²) in [4.78, 5) is 26.3. The molecule has 3 amide bonds. The quantitative estimate of drug-likeness (QED) is 0.654. The molecular weight excluding hydrogens is 208 g/mol. The Morgan fingerprint density at radius 1 is 1.43 bits per heavy atom. The van der Waals surface area contributed by atoms with Crippen molar-refractivity contribution >= 4 is 30.2 Å². The number of amidine groups is 1. The minimum atomic E-state index is -0.730. The Morgan fingerprint density at radius 3 is 2.57 bits per heavy atom. The van der Waals surface area contributed by atoms with Gasteiger partial charge in [-0.25, -0.2) is 4.79 Å². The molecule has 0 aromatic heterocycles. The Kier molecular flexibility index (Phi) is 4.93. The molecule has 0 spiro atoms. The molecule has 14 heavy (non-hydrogen) atoms. The molecule has 0 aromatic rings. The lowest BCUT2D eigenvalue weighted by Crippen LogP contribution is -2.35. The van der Waals surface area contributed by atoms with Crippen molar-refractivity contribution in [3.8, 4) is 0 Å². The van der Waals surface area contributed by atoms with Gasteiger partial charge < -0.3 is 16.4 Å². The molecule has 0 bridgehead atoms. The number of amides is 3. The summed E-state index contributed by atoms with van der Waals surface area (Å²) >= 11 is 0. The van der Waals surface area contributed by atoms with Crippen LogP contribution in [0.4, 0.5) is 4.79 Å². The zero-order valence-electron chi connectivity index (χ0n) is 7.60. The van der Waals surface area contributed by atoms with E-state index in [0.29, 0.717) is 18.8 Å². The Morgan fingerprint density at radius 2 is 2.07 bits per heavy atom. The van der Waals surface area contributed by atoms with Gasteiger partial charge in [0.25, 0.3) is 0 Å². The predicted octanol–water partition coefficient (Wildman–Crippen LogP) is -0.534. The molecule has 1 aliphatic rings. The van der Waals surface area contributed by atoms with E-state index in [9.17, 15) is 9.59 Å². The van der Waals surface area contributed by atoms with Crippen LogP contribution in [0.25, 0.3) is 0 Å². The number of nitrogens with two attached hydrogens (primary N) is 2. The molecular formula is C7H13ClN4O2. The fourth-order valence-corrected chi connectivity index (χ4v) is 1.33. The van der Waals surface area contributed by atoms with Gasteiger partial charge in [-0.2, -0.15) is 4.99 Å². The number of halogens is 1. The topological polar surface area (TPSA) is 102 Å². The van der Waals surface area contributed by atoms with Crippen molar-refractivity contribution in [2.45, 2.75) is 12.8 Å². The Hall–Kier alpha value is -1.30. The van der Waals surface area contributed by atoms with Crippen LogP contribution in [0.3, 0.4) is 0 Å². The van der Waals surface area contributed by atoms with Gasteiger partial charge in [0.05, 0.1) is 6.54 Å². The Balaban J connectivity index is 0.00000169. The van der Waals surface area contributed by atoms with Crippen molar-refractivity contribution in [3.63, 3.8) is 0 Å². The number of carbonyl (C=O) groups excluding carboxylic acids is 2. The molecule has 1 saturated heterocycles. The first-order valence-electron chi connectivity index (χ1n) is 4.00. The van der Waals surface area contributed by atoms with Gasteiger partial charge in [0, 0.05) is 13.0 Å². The summed E-state index contributed by atoms with van der Waals surface area (Å²) < 4.78 is 0. The van der Waals surface area contributed by atoms with Crippen LogP contribution < -0.4 is 11.5 Å². The zero-order valence-corrected chi connectivity index (χ0v) is 8.42. The molecule has 1 aliphatic heterocycles. The first-order chi connectivity index (χ1) is 6.09. The number of primary amides is 2. The normalized spacial score (nSPS) is 18.0. The summed E-state index contributed by atoms with van der Waals surface area (Å²) in [6, 6.07) is -0.730. The van der Waals surface area contributed by atoms with Crippen molar-refractivity contribution in [1.29, 1.82) is 0 Å². The summed E-state index contributed by atoms with van der Waals surface area (Å²) in [5.74, 6) is 0.130. The number of aliphatic imine (C=N–C) groups is 1. The lowest BCUT2D eigenvalue weighted by atomic mass is 10.4. The van der Waals surface area contributed by atoms with Gasteiger partial charge in [0.2, 0.25) is 5.91 Å². The number of hydrogen-bond acceptors (Lipinski definition) is 2. The van der Waals surface area contributed by atoms with E-state index in [1.807, 2.05) is 0 Å². The number of likely N-dealkylation sites (tertiary alicyclic amines) is 1. The van der Waals surface area contributed by atoms with E-state index in [4.69, 9.17) is 11.5 Å². The molecule has 0 aromatic carbocycles. The molecule has 80 valence electrons. The number of hydrogen-bond donors (Lipinski definition) is 2. The minimum absolute atomic E-state index is 0. The van der Waals surface area contributed by atoms with E-state index in [1.165, 1.54) is 0 Å². The highest BCUT2D eigenvalue weighted by atomic mass is 35.5. The second kappa shape index (κ2) is 5.43. The van der Waals surface area contributed by atoms with Gasteiger partial charge in [-0.15, -0.1) is 12.4 Å². The summed E-state index contributed by atoms with van der Waals surface area (Å²) in [5.41, 5.74) is 9.91. The number of nitrogens with zero attached hydrogens (tertiary/aromatic N) is 2. The van der Waals surface area contributed by atoms with Crippen molar-refractivity contribution < 1.29 is 9.59 Å². The molecule has 6 nitrogen and oxygen atoms in total. The SMILES string of the molecule is Cl.NC(=O)CN1CCC/C1=N\C(N)=O. The average molecular weight is 221 g/mol. The summed E-state index contributed by atoms with van der Waals surface area (Å²) in [5, 5.41) is 0. The standard InChI is InChI=1S/C7H12N4O2.ClH/c8-5(12)4-11-3-1-2-6(11)10-7(9)13;/h1-4H2,(H2,8,12)(H2,9,13);1H/b10-6+;. The molecule has 0 unspecified atom stereocenters. The maximum atomic E-state index is 10.6. The van der Waals surface area contributed by atoms with E-state index in [2.05, 4.69) is 4.99 Å². The maximum absolute atomic E-state index is 10.6. The first kappa shape index (κ1) is 12.7. The molecule has 1 fully saturated rings. The van der Waals surface area contributed by atoms with Gasteiger partial charge in [0.1, 0.15) is 5.84 Å². The lowest BCUT2D eigenvalue weighted by Gasteiger charge is -2.15. The average Bonchev–Trinajstić information content (AvgIpc) is 2.34. The molecule has 0 radical (unpaired) electrons. The van der Waals surface area contributed by atoms with E-state index in [0.717, 1.165) is 6.42 Å². The van der Waals surface area contributed by atoms with Crippen LogP contribution in [-0.4, -0.2) is 35.8 Å². The molecule has 7 heteroatoms. The number of urea groups is 1. The van der Waals surface area contributed by atoms with E-state index >= 15 is 0 Å². The third-order valence-corrected chi connectivity index (χ3v) is 1.78. The molecule has 1 rings (SSSR count). The van der Waals surface area contributed by atoms with Crippen molar-refractivity contribution in [1.82, 2.24) is 4.90 Å². The second-order valence-electron chi connectivity index (χ2n) is 2.86. The van der Waals surface area contributed by atoms with Crippen LogP contribution >= 0.6 is 12.4 Å². The highest BCUT2D eigenvalue weighted by molar-refractivity contribution is 5.95. The predicted molar refractivity (Wildman–Crippen MR) is 54.3 cm³/mol. The highest BCUT2D eigenvalue weighted by Gasteiger charge is 2.20. The van der Waals surface area contributed by atoms with Crippen molar-refractivity contribution in [3.05, 3.63) is 0 Å². The maximum Gasteiger partial charge on any atom is 0.339 e. The van der Waals surface area contributed by atoms with Gasteiger partial charge in [-0.1, -0.05) is 0 Å². The highest BCUT2D eigenvalue weighted by Crippen LogP contribution is 2.10. The largest absolute Gasteiger partial charge is 0.368 e. The molecule has 0 saturated carbocycles. The molecule has 4 N–H and O–H groups in total. The zero-order chi connectivity index (χ0) is 9.84. The van der Waals surface area contributed by atoms with Crippen LogP contribution in [0.5, 0.6) is 0 Å². The summed E-state index contributed by atoms with van der Waals surface area (Å²) in [7, 11) is 0. The third-order valence-electron chi connectivity index (χ3n) is 1.78. The monoisotopic (exact) mass is 220 g/mol. The lowest BCUT2D eigenvalue weighted by molar-refractivity contribution is -0.118. The summed E-state index contributed by atoms with van der Waals surface area (Å²) in [6.07, 6.45) is 1.55. The van der Waals surface area contributed by atoms with Crippen LogP contribution in [-0.2, 0) is 4.79 Å². The van der Waals surface area contributed by atoms with Crippen LogP contribution in [0, 0.1) is 0 Å². The van der Waals surface area contributed by atoms with Crippen LogP contribution in [0.1, 0.15) is 12.8 Å². The van der Waals surface area contributed by atoms with Crippen LogP contribution in [0.15, 0.2) is 4.99 Å². The summed E-state index contributed by atoms with van der Waals surface area (Å²) in [6.45, 7) is 0.807. The van der Waals surface area contributed by atoms with E-state index in [1.54, 1.807) is 4.90 Å². The number of carbonyl (C=O) groups is 2. The third kappa shape index (κ3) is 3.61. The molecule has 0 aliphatic carbocycles. The fraction of sp³-hybridized carbons (Fsp3) is 0.571. The Bertz CT molecular complexity index is 266. The smallest absolute Gasteiger partial charge is 0.339 e. The van der Waals surface area contributed by atoms with Crippen LogP contribution in [0.2, 0.25) is 0 Å². The molecule has 1 heterocycles. The van der Waals surface area contributed by atoms with Crippen molar-refractivity contribution in [2.75, 3.05) is 13.1 Å². The van der Waals surface area contributed by atoms with Gasteiger partial charge in [-0.3, -0.25) is 4.79 Å². The van der Waals surface area contributed by atoms with E-state index < -0.39 is 11.9 Å². The van der Waals surface area contributed by atoms with Gasteiger partial charge in [-0.05, 0) is 6.42 Å². The second-order valence-corrected chi connectivity index (χ2v) is 2.86. The number of rotatable bonds is 2. The minimum Gasteiger partial charge on any atom is -0.368 e. The van der Waals surface area contributed by atoms with Gasteiger partial charge in [0.15, 0.2) is 0 Å². The molecule has 0 atom stereocenters. The first-order valence-corrected chi connectivity index (χ1v) is 4.00. The van der Waals surface area contributed by atoms with Crippen molar-refractivity contribution in [2.24, 2.45) is 16.5 Å². The Labute approximate surface area is 87.7 Å². The van der Waals surface area contributed by atoms with Gasteiger partial charge >= 0.3 is 6.03 Å². The van der Waals surface area contributed by atoms with E-state index in [-0.39, 0.29) is 19.0 Å².